The predicted molar refractivity (Wildman–Crippen MR) is 105 cm³/mol. The summed E-state index contributed by atoms with van der Waals surface area (Å²) in [4.78, 5) is 15.5. The third-order valence-electron chi connectivity index (χ3n) is 3.72. The van der Waals surface area contributed by atoms with Crippen molar-refractivity contribution < 1.29 is 4.79 Å². The Hall–Kier alpha value is -2.39. The van der Waals surface area contributed by atoms with Crippen LogP contribution in [0.3, 0.4) is 0 Å². The minimum Gasteiger partial charge on any atom is -0.370 e. The van der Waals surface area contributed by atoms with Gasteiger partial charge in [0.15, 0.2) is 10.3 Å². The minimum atomic E-state index is -0.335. The van der Waals surface area contributed by atoms with Gasteiger partial charge in [-0.15, -0.1) is 21.5 Å². The third-order valence-corrected chi connectivity index (χ3v) is 5.58. The molecule has 0 atom stereocenters. The summed E-state index contributed by atoms with van der Waals surface area (Å²) in [5.74, 6) is 1.12. The van der Waals surface area contributed by atoms with Crippen molar-refractivity contribution >= 4 is 39.8 Å². The molecule has 1 aromatic carbocycles. The van der Waals surface area contributed by atoms with Gasteiger partial charge < -0.3 is 15.6 Å². The number of primary amides is 1. The van der Waals surface area contributed by atoms with Crippen LogP contribution >= 0.6 is 23.1 Å². The van der Waals surface area contributed by atoms with Crippen molar-refractivity contribution in [2.75, 3.05) is 5.32 Å². The lowest BCUT2D eigenvalue weighted by molar-refractivity contribution is -0.118. The number of hydrogen-bond acceptors (Lipinski definition) is 7. The highest BCUT2D eigenvalue weighted by molar-refractivity contribution is 7.98. The van der Waals surface area contributed by atoms with E-state index in [4.69, 9.17) is 5.73 Å². The molecule has 7 nitrogen and oxygen atoms in total. The fourth-order valence-electron chi connectivity index (χ4n) is 2.25. The number of carbonyl (C=O) groups is 1. The molecule has 9 heteroatoms. The van der Waals surface area contributed by atoms with Crippen LogP contribution in [0.5, 0.6) is 0 Å². The van der Waals surface area contributed by atoms with Crippen LogP contribution in [0.4, 0.5) is 10.8 Å². The van der Waals surface area contributed by atoms with Gasteiger partial charge in [0.25, 0.3) is 0 Å². The van der Waals surface area contributed by atoms with Crippen LogP contribution < -0.4 is 11.1 Å². The molecule has 0 aliphatic rings. The molecule has 0 unspecified atom stereocenters. The zero-order valence-corrected chi connectivity index (χ0v) is 16.2. The van der Waals surface area contributed by atoms with Gasteiger partial charge in [-0.3, -0.25) is 4.79 Å². The highest BCUT2D eigenvalue weighted by Crippen LogP contribution is 2.26. The Morgan fingerprint density at radius 2 is 2.08 bits per heavy atom. The van der Waals surface area contributed by atoms with E-state index >= 15 is 0 Å². The van der Waals surface area contributed by atoms with Crippen LogP contribution in [-0.2, 0) is 24.0 Å². The molecule has 2 heterocycles. The van der Waals surface area contributed by atoms with Gasteiger partial charge in [0, 0.05) is 36.7 Å². The number of nitrogens with one attached hydrogen (secondary N) is 1. The monoisotopic (exact) mass is 388 g/mol. The van der Waals surface area contributed by atoms with E-state index in [0.29, 0.717) is 12.2 Å². The SMILES string of the molecule is Cc1ccc(Nc2nc(CSc3nnc(CCC(N)=O)n3C)cs2)cc1. The van der Waals surface area contributed by atoms with Crippen molar-refractivity contribution in [1.82, 2.24) is 19.7 Å². The fraction of sp³-hybridized carbons (Fsp3) is 0.294. The van der Waals surface area contributed by atoms with E-state index in [9.17, 15) is 4.79 Å². The van der Waals surface area contributed by atoms with E-state index in [1.807, 2.05) is 29.1 Å². The third kappa shape index (κ3) is 4.83. The first-order chi connectivity index (χ1) is 12.5. The molecule has 0 aliphatic heterocycles. The molecule has 0 radical (unpaired) electrons. The number of thiazole rings is 1. The first kappa shape index (κ1) is 18.4. The van der Waals surface area contributed by atoms with Gasteiger partial charge in [0.1, 0.15) is 5.82 Å². The van der Waals surface area contributed by atoms with Gasteiger partial charge >= 0.3 is 0 Å². The van der Waals surface area contributed by atoms with Crippen molar-refractivity contribution in [2.45, 2.75) is 30.7 Å². The highest BCUT2D eigenvalue weighted by atomic mass is 32.2. The minimum absolute atomic E-state index is 0.275. The average Bonchev–Trinajstić information content (AvgIpc) is 3.20. The summed E-state index contributed by atoms with van der Waals surface area (Å²) in [7, 11) is 1.89. The fourth-order valence-corrected chi connectivity index (χ4v) is 3.91. The number of thioether (sulfide) groups is 1. The Labute approximate surface area is 160 Å². The Kier molecular flexibility index (Phi) is 5.89. The second-order valence-corrected chi connectivity index (χ2v) is 7.65. The molecule has 0 saturated heterocycles. The number of benzene rings is 1. The molecule has 0 aliphatic carbocycles. The first-order valence-electron chi connectivity index (χ1n) is 8.08. The number of rotatable bonds is 8. The Morgan fingerprint density at radius 1 is 1.31 bits per heavy atom. The number of nitrogens with two attached hydrogens (primary N) is 1. The number of aromatic nitrogens is 4. The van der Waals surface area contributed by atoms with Crippen molar-refractivity contribution in [3.05, 3.63) is 46.7 Å². The standard InChI is InChI=1S/C17H20N6OS2/c1-11-3-5-12(6-4-11)19-16-20-13(9-25-16)10-26-17-22-21-15(23(17)2)8-7-14(18)24/h3-6,9H,7-8,10H2,1-2H3,(H2,18,24)(H,19,20). The van der Waals surface area contributed by atoms with Crippen LogP contribution in [0, 0.1) is 6.92 Å². The van der Waals surface area contributed by atoms with E-state index in [2.05, 4.69) is 39.6 Å². The number of carbonyl (C=O) groups excluding carboxylic acids is 1. The summed E-state index contributed by atoms with van der Waals surface area (Å²) in [6.07, 6.45) is 0.775. The topological polar surface area (TPSA) is 98.7 Å². The van der Waals surface area contributed by atoms with Crippen molar-refractivity contribution in [3.63, 3.8) is 0 Å². The number of amides is 1. The largest absolute Gasteiger partial charge is 0.370 e. The molecule has 1 amide bonds. The normalized spacial score (nSPS) is 10.8. The Bertz CT molecular complexity index is 887. The summed E-state index contributed by atoms with van der Waals surface area (Å²) in [5, 5.41) is 15.3. The summed E-state index contributed by atoms with van der Waals surface area (Å²) in [6, 6.07) is 8.21. The van der Waals surface area contributed by atoms with E-state index in [1.165, 1.54) is 5.56 Å². The molecule has 2 aromatic heterocycles. The van der Waals surface area contributed by atoms with Crippen LogP contribution in [0.1, 0.15) is 23.5 Å². The summed E-state index contributed by atoms with van der Waals surface area (Å²) < 4.78 is 1.89. The molecule has 3 aromatic rings. The van der Waals surface area contributed by atoms with Crippen LogP contribution in [0.2, 0.25) is 0 Å². The highest BCUT2D eigenvalue weighted by Gasteiger charge is 2.11. The molecule has 0 spiro atoms. The molecule has 3 N–H and O–H groups in total. The lowest BCUT2D eigenvalue weighted by atomic mass is 10.2. The van der Waals surface area contributed by atoms with Gasteiger partial charge in [-0.05, 0) is 19.1 Å². The van der Waals surface area contributed by atoms with Crippen molar-refractivity contribution in [3.8, 4) is 0 Å². The molecule has 3 rings (SSSR count). The van der Waals surface area contributed by atoms with Crippen molar-refractivity contribution in [1.29, 1.82) is 0 Å². The van der Waals surface area contributed by atoms with Crippen LogP contribution in [0.25, 0.3) is 0 Å². The van der Waals surface area contributed by atoms with Gasteiger partial charge in [0.2, 0.25) is 5.91 Å². The number of nitrogens with zero attached hydrogens (tertiary/aromatic N) is 4. The maximum atomic E-state index is 10.9. The smallest absolute Gasteiger partial charge is 0.217 e. The molecule has 0 fully saturated rings. The lowest BCUT2D eigenvalue weighted by Crippen LogP contribution is -2.12. The van der Waals surface area contributed by atoms with Crippen LogP contribution in [-0.4, -0.2) is 25.7 Å². The zero-order chi connectivity index (χ0) is 18.5. The van der Waals surface area contributed by atoms with E-state index < -0.39 is 0 Å². The summed E-state index contributed by atoms with van der Waals surface area (Å²) in [6.45, 7) is 2.06. The van der Waals surface area contributed by atoms with Crippen molar-refractivity contribution in [2.24, 2.45) is 12.8 Å². The van der Waals surface area contributed by atoms with E-state index in [-0.39, 0.29) is 12.3 Å². The van der Waals surface area contributed by atoms with Crippen LogP contribution in [0.15, 0.2) is 34.8 Å². The average molecular weight is 389 g/mol. The maximum absolute atomic E-state index is 10.9. The van der Waals surface area contributed by atoms with Gasteiger partial charge in [-0.2, -0.15) is 0 Å². The van der Waals surface area contributed by atoms with Gasteiger partial charge in [-0.1, -0.05) is 29.5 Å². The Balaban J connectivity index is 1.56. The van der Waals surface area contributed by atoms with Gasteiger partial charge in [-0.25, -0.2) is 4.98 Å². The van der Waals surface area contributed by atoms with E-state index in [1.54, 1.807) is 23.1 Å². The van der Waals surface area contributed by atoms with Gasteiger partial charge in [0.05, 0.1) is 5.69 Å². The number of hydrogen-bond donors (Lipinski definition) is 2. The molecule has 26 heavy (non-hydrogen) atoms. The predicted octanol–water partition coefficient (Wildman–Crippen LogP) is 3.03. The quantitative estimate of drug-likeness (QED) is 0.576. The lowest BCUT2D eigenvalue weighted by Gasteiger charge is -2.03. The molecule has 136 valence electrons. The summed E-state index contributed by atoms with van der Waals surface area (Å²) >= 11 is 3.14. The second-order valence-electron chi connectivity index (χ2n) is 5.85. The summed E-state index contributed by atoms with van der Waals surface area (Å²) in [5.41, 5.74) is 8.42. The zero-order valence-electron chi connectivity index (χ0n) is 14.6. The molecular weight excluding hydrogens is 368 g/mol. The van der Waals surface area contributed by atoms with E-state index in [0.717, 1.165) is 27.5 Å². The maximum Gasteiger partial charge on any atom is 0.217 e. The number of aryl methyl sites for hydroxylation is 2. The first-order valence-corrected chi connectivity index (χ1v) is 9.95. The number of anilines is 2. The molecule has 0 saturated carbocycles. The molecule has 0 bridgehead atoms. The Morgan fingerprint density at radius 3 is 2.81 bits per heavy atom. The second kappa shape index (κ2) is 8.33. The molecular formula is C17H20N6OS2.